The fourth-order valence-electron chi connectivity index (χ4n) is 1.40. The average molecular weight is 287 g/mol. The molecule has 0 atom stereocenters. The third kappa shape index (κ3) is 2.89. The molecule has 0 fully saturated rings. The zero-order valence-electron chi connectivity index (χ0n) is 8.19. The van der Waals surface area contributed by atoms with Gasteiger partial charge in [-0.1, -0.05) is 24.3 Å². The molecule has 0 bridgehead atoms. The van der Waals surface area contributed by atoms with E-state index in [0.717, 1.165) is 9.79 Å². The number of benzene rings is 2. The Balaban J connectivity index is 2.28. The zero-order valence-corrected chi connectivity index (χ0v) is 11.3. The molecule has 0 radical (unpaired) electrons. The smallest absolute Gasteiger partial charge is 0.0233 e. The van der Waals surface area contributed by atoms with E-state index in [9.17, 15) is 0 Å². The third-order valence-electron chi connectivity index (χ3n) is 2.22. The highest BCUT2D eigenvalue weighted by Crippen LogP contribution is 2.28. The van der Waals surface area contributed by atoms with Gasteiger partial charge in [0.1, 0.15) is 0 Å². The minimum Gasteiger partial charge on any atom is -0.0532 e. The van der Waals surface area contributed by atoms with Gasteiger partial charge in [0.2, 0.25) is 0 Å². The quantitative estimate of drug-likeness (QED) is 0.695. The molecule has 2 rings (SSSR count). The monoisotopic (exact) mass is 286 g/mol. The minimum absolute atomic E-state index is 1.05. The first kappa shape index (κ1) is 12.2. The molecule has 82 valence electrons. The Morgan fingerprint density at radius 1 is 0.562 bits per heavy atom. The van der Waals surface area contributed by atoms with Crippen LogP contribution in [0.25, 0.3) is 11.1 Å². The SMILES string of the molecule is ClSc1ccc(-c2ccc(SCl)cc2)cc1. The topological polar surface area (TPSA) is 0 Å². The van der Waals surface area contributed by atoms with Gasteiger partial charge < -0.3 is 0 Å². The summed E-state index contributed by atoms with van der Waals surface area (Å²) < 4.78 is 0. The highest BCUT2D eigenvalue weighted by atomic mass is 35.7. The van der Waals surface area contributed by atoms with Gasteiger partial charge in [-0.2, -0.15) is 0 Å². The summed E-state index contributed by atoms with van der Waals surface area (Å²) in [4.78, 5) is 2.11. The second-order valence-electron chi connectivity index (χ2n) is 3.20. The van der Waals surface area contributed by atoms with Gasteiger partial charge in [0, 0.05) is 9.79 Å². The van der Waals surface area contributed by atoms with Crippen LogP contribution in [0.3, 0.4) is 0 Å². The van der Waals surface area contributed by atoms with Gasteiger partial charge in [-0.25, -0.2) is 0 Å². The summed E-state index contributed by atoms with van der Waals surface area (Å²) in [6.07, 6.45) is 0. The molecule has 0 aromatic heterocycles. The van der Waals surface area contributed by atoms with Gasteiger partial charge in [-0.3, -0.25) is 0 Å². The van der Waals surface area contributed by atoms with Gasteiger partial charge in [0.25, 0.3) is 0 Å². The molecule has 0 amide bonds. The molecule has 0 spiro atoms. The predicted octanol–water partition coefficient (Wildman–Crippen LogP) is 5.85. The van der Waals surface area contributed by atoms with Crippen LogP contribution >= 0.6 is 43.3 Å². The normalized spacial score (nSPS) is 10.4. The highest BCUT2D eigenvalue weighted by Gasteiger charge is 1.98. The van der Waals surface area contributed by atoms with Crippen molar-refractivity contribution < 1.29 is 0 Å². The largest absolute Gasteiger partial charge is 0.0532 e. The summed E-state index contributed by atoms with van der Waals surface area (Å²) in [5.74, 6) is 0. The standard InChI is InChI=1S/C12H8Cl2S2/c13-15-11-5-1-9(2-6-11)10-3-7-12(16-14)8-4-10/h1-8H. The van der Waals surface area contributed by atoms with Crippen LogP contribution in [0.5, 0.6) is 0 Å². The van der Waals surface area contributed by atoms with Crippen molar-refractivity contribution in [2.45, 2.75) is 9.79 Å². The van der Waals surface area contributed by atoms with Gasteiger partial charge >= 0.3 is 0 Å². The Labute approximate surface area is 112 Å². The van der Waals surface area contributed by atoms with Crippen LogP contribution in [0, 0.1) is 0 Å². The summed E-state index contributed by atoms with van der Waals surface area (Å²) in [7, 11) is 13.8. The minimum atomic E-state index is 1.05. The summed E-state index contributed by atoms with van der Waals surface area (Å²) in [6, 6.07) is 16.3. The maximum Gasteiger partial charge on any atom is 0.0233 e. The maximum atomic E-state index is 5.66. The van der Waals surface area contributed by atoms with Gasteiger partial charge in [0.05, 0.1) is 0 Å². The Morgan fingerprint density at radius 2 is 0.875 bits per heavy atom. The molecular formula is C12H8Cl2S2. The Hall–Kier alpha value is -0.280. The van der Waals surface area contributed by atoms with Crippen molar-refractivity contribution in [3.05, 3.63) is 48.5 Å². The Morgan fingerprint density at radius 3 is 1.12 bits per heavy atom. The molecule has 0 aliphatic heterocycles. The van der Waals surface area contributed by atoms with Crippen LogP contribution in [-0.4, -0.2) is 0 Å². The molecule has 0 nitrogen and oxygen atoms in total. The molecule has 0 saturated carbocycles. The van der Waals surface area contributed by atoms with E-state index in [-0.39, 0.29) is 0 Å². The number of hydrogen-bond acceptors (Lipinski definition) is 2. The summed E-state index contributed by atoms with van der Waals surface area (Å²) in [6.45, 7) is 0. The van der Waals surface area contributed by atoms with Crippen LogP contribution in [0.15, 0.2) is 58.3 Å². The van der Waals surface area contributed by atoms with Gasteiger partial charge in [0.15, 0.2) is 0 Å². The van der Waals surface area contributed by atoms with E-state index in [0.29, 0.717) is 0 Å². The lowest BCUT2D eigenvalue weighted by molar-refractivity contribution is 1.44. The molecule has 0 aliphatic rings. The van der Waals surface area contributed by atoms with Crippen molar-refractivity contribution in [2.75, 3.05) is 0 Å². The maximum absolute atomic E-state index is 5.66. The number of rotatable bonds is 3. The first-order chi connectivity index (χ1) is 7.83. The number of hydrogen-bond donors (Lipinski definition) is 0. The zero-order chi connectivity index (χ0) is 11.4. The van der Waals surface area contributed by atoms with E-state index in [1.807, 2.05) is 24.3 Å². The first-order valence-corrected chi connectivity index (χ1v) is 7.89. The van der Waals surface area contributed by atoms with E-state index in [2.05, 4.69) is 24.3 Å². The molecule has 2 aromatic carbocycles. The van der Waals surface area contributed by atoms with Crippen molar-refractivity contribution in [2.24, 2.45) is 0 Å². The molecule has 16 heavy (non-hydrogen) atoms. The van der Waals surface area contributed by atoms with Gasteiger partial charge in [-0.05, 0) is 78.7 Å². The van der Waals surface area contributed by atoms with Crippen LogP contribution in [0.1, 0.15) is 0 Å². The van der Waals surface area contributed by atoms with Crippen molar-refractivity contribution in [1.82, 2.24) is 0 Å². The summed E-state index contributed by atoms with van der Waals surface area (Å²) in [5.41, 5.74) is 2.36. The first-order valence-electron chi connectivity index (χ1n) is 4.61. The molecule has 0 heterocycles. The van der Waals surface area contributed by atoms with Crippen LogP contribution in [0.4, 0.5) is 0 Å². The van der Waals surface area contributed by atoms with Crippen molar-refractivity contribution in [3.63, 3.8) is 0 Å². The highest BCUT2D eigenvalue weighted by molar-refractivity contribution is 8.21. The second-order valence-corrected chi connectivity index (χ2v) is 5.38. The molecule has 2 aromatic rings. The van der Waals surface area contributed by atoms with Crippen molar-refractivity contribution in [1.29, 1.82) is 0 Å². The molecule has 0 N–H and O–H groups in total. The summed E-state index contributed by atoms with van der Waals surface area (Å²) in [5, 5.41) is 0. The Kier molecular flexibility index (Phi) is 4.47. The van der Waals surface area contributed by atoms with Crippen molar-refractivity contribution >= 4 is 43.3 Å². The molecular weight excluding hydrogens is 279 g/mol. The van der Waals surface area contributed by atoms with Crippen LogP contribution in [-0.2, 0) is 0 Å². The third-order valence-corrected chi connectivity index (χ3v) is 4.19. The summed E-state index contributed by atoms with van der Waals surface area (Å²) >= 11 is 0. The molecule has 4 heteroatoms. The molecule has 0 aliphatic carbocycles. The van der Waals surface area contributed by atoms with E-state index >= 15 is 0 Å². The van der Waals surface area contributed by atoms with E-state index in [4.69, 9.17) is 21.4 Å². The van der Waals surface area contributed by atoms with Gasteiger partial charge in [-0.15, -0.1) is 0 Å². The van der Waals surface area contributed by atoms with E-state index < -0.39 is 0 Å². The van der Waals surface area contributed by atoms with E-state index in [1.165, 1.54) is 33.1 Å². The lowest BCUT2D eigenvalue weighted by Gasteiger charge is -2.03. The fourth-order valence-corrected chi connectivity index (χ4v) is 2.49. The lowest BCUT2D eigenvalue weighted by atomic mass is 10.1. The lowest BCUT2D eigenvalue weighted by Crippen LogP contribution is -1.77. The van der Waals surface area contributed by atoms with Crippen LogP contribution < -0.4 is 0 Å². The predicted molar refractivity (Wildman–Crippen MR) is 75.3 cm³/mol. The van der Waals surface area contributed by atoms with Crippen molar-refractivity contribution in [3.8, 4) is 11.1 Å². The fraction of sp³-hybridized carbons (Fsp3) is 0. The second kappa shape index (κ2) is 5.87. The number of halogens is 2. The molecule has 0 unspecified atom stereocenters. The van der Waals surface area contributed by atoms with E-state index in [1.54, 1.807) is 0 Å². The average Bonchev–Trinajstić information content (AvgIpc) is 2.39. The molecule has 0 saturated heterocycles. The van der Waals surface area contributed by atoms with Crippen LogP contribution in [0.2, 0.25) is 0 Å². The Bertz CT molecular complexity index is 406.